The van der Waals surface area contributed by atoms with Crippen LogP contribution in [0.25, 0.3) is 0 Å². The summed E-state index contributed by atoms with van der Waals surface area (Å²) in [4.78, 5) is 38.5. The lowest BCUT2D eigenvalue weighted by Crippen LogP contribution is -2.30. The van der Waals surface area contributed by atoms with Gasteiger partial charge in [-0.1, -0.05) is 311 Å². The van der Waals surface area contributed by atoms with Gasteiger partial charge in [0.25, 0.3) is 0 Å². The molecule has 0 aliphatic carbocycles. The molecule has 0 spiro atoms. The Labute approximate surface area is 515 Å². The van der Waals surface area contributed by atoms with Crippen LogP contribution in [0.15, 0.2) is 85.1 Å². The summed E-state index contributed by atoms with van der Waals surface area (Å²) in [6.45, 7) is 6.65. The van der Waals surface area contributed by atoms with Crippen LogP contribution in [0.3, 0.4) is 0 Å². The van der Waals surface area contributed by atoms with Gasteiger partial charge in [0.2, 0.25) is 0 Å². The van der Waals surface area contributed by atoms with E-state index in [1.54, 1.807) is 0 Å². The Morgan fingerprint density at radius 2 is 0.434 bits per heavy atom. The number of esters is 3. The zero-order valence-corrected chi connectivity index (χ0v) is 55.2. The monoisotopic (exact) mass is 1160 g/mol. The highest BCUT2D eigenvalue weighted by Crippen LogP contribution is 2.17. The fourth-order valence-corrected chi connectivity index (χ4v) is 10.4. The van der Waals surface area contributed by atoms with E-state index in [1.807, 2.05) is 0 Å². The Bertz CT molecular complexity index is 1570. The van der Waals surface area contributed by atoms with Crippen LogP contribution >= 0.6 is 0 Å². The van der Waals surface area contributed by atoms with Crippen molar-refractivity contribution < 1.29 is 28.6 Å². The highest BCUT2D eigenvalue weighted by molar-refractivity contribution is 5.71. The maximum Gasteiger partial charge on any atom is 0.306 e. The SMILES string of the molecule is CCCCCCC/C=C\C/C=C\C/C=C\CCCCCCCCCCC(=O)OCC(COC(=O)CCCCCCCCCCC/C=C\CCCCCCCCCC)OC(=O)CCCCCCCC/C=C\C/C=C\C/C=C\CCCCCCC. The van der Waals surface area contributed by atoms with Gasteiger partial charge in [0, 0.05) is 19.3 Å². The van der Waals surface area contributed by atoms with E-state index in [-0.39, 0.29) is 31.1 Å². The number of ether oxygens (including phenoxy) is 3. The Morgan fingerprint density at radius 3 is 0.687 bits per heavy atom. The zero-order chi connectivity index (χ0) is 59.9. The maximum absolute atomic E-state index is 13.0. The summed E-state index contributed by atoms with van der Waals surface area (Å²) in [6.07, 6.45) is 94.5. The second-order valence-electron chi connectivity index (χ2n) is 24.1. The van der Waals surface area contributed by atoms with E-state index < -0.39 is 6.10 Å². The lowest BCUT2D eigenvalue weighted by atomic mass is 10.1. The fourth-order valence-electron chi connectivity index (χ4n) is 10.4. The first-order chi connectivity index (χ1) is 41.0. The zero-order valence-electron chi connectivity index (χ0n) is 55.2. The molecule has 0 heterocycles. The van der Waals surface area contributed by atoms with Gasteiger partial charge < -0.3 is 14.2 Å². The number of allylic oxidation sites excluding steroid dienone is 14. The second-order valence-corrected chi connectivity index (χ2v) is 24.1. The molecule has 1 atom stereocenters. The molecule has 480 valence electrons. The van der Waals surface area contributed by atoms with E-state index in [4.69, 9.17) is 14.2 Å². The van der Waals surface area contributed by atoms with Gasteiger partial charge in [-0.05, 0) is 122 Å². The van der Waals surface area contributed by atoms with Gasteiger partial charge in [0.1, 0.15) is 13.2 Å². The molecule has 0 rings (SSSR count). The predicted molar refractivity (Wildman–Crippen MR) is 362 cm³/mol. The summed E-state index contributed by atoms with van der Waals surface area (Å²) in [5.41, 5.74) is 0. The van der Waals surface area contributed by atoms with Crippen LogP contribution in [0.2, 0.25) is 0 Å². The summed E-state index contributed by atoms with van der Waals surface area (Å²) < 4.78 is 17.0. The Balaban J connectivity index is 4.41. The number of hydrogen-bond acceptors (Lipinski definition) is 6. The van der Waals surface area contributed by atoms with Crippen molar-refractivity contribution in [1.29, 1.82) is 0 Å². The van der Waals surface area contributed by atoms with Crippen LogP contribution in [0.1, 0.15) is 367 Å². The van der Waals surface area contributed by atoms with Crippen molar-refractivity contribution in [3.05, 3.63) is 85.1 Å². The molecule has 0 radical (unpaired) electrons. The van der Waals surface area contributed by atoms with Gasteiger partial charge in [0.15, 0.2) is 6.10 Å². The minimum atomic E-state index is -0.791. The van der Waals surface area contributed by atoms with E-state index in [1.165, 1.54) is 225 Å². The van der Waals surface area contributed by atoms with E-state index in [0.29, 0.717) is 19.3 Å². The lowest BCUT2D eigenvalue weighted by Gasteiger charge is -2.18. The topological polar surface area (TPSA) is 78.9 Å². The van der Waals surface area contributed by atoms with Crippen LogP contribution < -0.4 is 0 Å². The Kier molecular flexibility index (Phi) is 68.2. The van der Waals surface area contributed by atoms with E-state index >= 15 is 0 Å². The minimum absolute atomic E-state index is 0.0840. The van der Waals surface area contributed by atoms with Crippen LogP contribution in [0, 0.1) is 0 Å². The maximum atomic E-state index is 13.0. The van der Waals surface area contributed by atoms with E-state index in [2.05, 4.69) is 106 Å². The molecule has 0 aromatic carbocycles. The van der Waals surface area contributed by atoms with E-state index in [9.17, 15) is 14.4 Å². The van der Waals surface area contributed by atoms with Gasteiger partial charge in [0.05, 0.1) is 0 Å². The second kappa shape index (κ2) is 71.1. The molecule has 0 aliphatic heterocycles. The summed E-state index contributed by atoms with van der Waals surface area (Å²) in [5, 5.41) is 0. The Hall–Kier alpha value is -3.41. The third kappa shape index (κ3) is 69.3. The molecule has 83 heavy (non-hydrogen) atoms. The van der Waals surface area contributed by atoms with Gasteiger partial charge in [-0.2, -0.15) is 0 Å². The van der Waals surface area contributed by atoms with Crippen molar-refractivity contribution in [3.63, 3.8) is 0 Å². The largest absolute Gasteiger partial charge is 0.462 e. The molecule has 0 aromatic rings. The molecule has 1 unspecified atom stereocenters. The van der Waals surface area contributed by atoms with Crippen LogP contribution in [-0.4, -0.2) is 37.2 Å². The molecule has 6 nitrogen and oxygen atoms in total. The van der Waals surface area contributed by atoms with Crippen molar-refractivity contribution in [2.24, 2.45) is 0 Å². The molecule has 6 heteroatoms. The molecule has 0 N–H and O–H groups in total. The van der Waals surface area contributed by atoms with Crippen molar-refractivity contribution in [3.8, 4) is 0 Å². The quantitative estimate of drug-likeness (QED) is 0.0261. The molecule has 0 saturated heterocycles. The number of rotatable bonds is 66. The smallest absolute Gasteiger partial charge is 0.306 e. The molecule has 0 aromatic heterocycles. The summed E-state index contributed by atoms with van der Waals surface area (Å²) in [5.74, 6) is -0.887. The Morgan fingerprint density at radius 1 is 0.241 bits per heavy atom. The van der Waals surface area contributed by atoms with Gasteiger partial charge in [-0.25, -0.2) is 0 Å². The lowest BCUT2D eigenvalue weighted by molar-refractivity contribution is -0.167. The summed E-state index contributed by atoms with van der Waals surface area (Å²) >= 11 is 0. The fraction of sp³-hybridized carbons (Fsp3) is 0.779. The average molecular weight is 1160 g/mol. The predicted octanol–water partition coefficient (Wildman–Crippen LogP) is 25.0. The number of carbonyl (C=O) groups excluding carboxylic acids is 3. The molecule has 0 amide bonds. The van der Waals surface area contributed by atoms with Crippen LogP contribution in [0.4, 0.5) is 0 Å². The molecule has 0 aliphatic rings. The first-order valence-corrected chi connectivity index (χ1v) is 36.1. The first-order valence-electron chi connectivity index (χ1n) is 36.1. The van der Waals surface area contributed by atoms with Gasteiger partial charge >= 0.3 is 17.9 Å². The normalized spacial score (nSPS) is 12.6. The summed E-state index contributed by atoms with van der Waals surface area (Å²) in [6, 6.07) is 0. The highest BCUT2D eigenvalue weighted by atomic mass is 16.6. The first kappa shape index (κ1) is 79.6. The van der Waals surface area contributed by atoms with Gasteiger partial charge in [-0.15, -0.1) is 0 Å². The third-order valence-corrected chi connectivity index (χ3v) is 15.8. The number of unbranched alkanes of at least 4 members (excludes halogenated alkanes) is 41. The number of hydrogen-bond donors (Lipinski definition) is 0. The number of carbonyl (C=O) groups is 3. The molecular weight excluding hydrogens is 1020 g/mol. The average Bonchev–Trinajstić information content (AvgIpc) is 3.49. The van der Waals surface area contributed by atoms with E-state index in [0.717, 1.165) is 103 Å². The summed E-state index contributed by atoms with van der Waals surface area (Å²) in [7, 11) is 0. The van der Waals surface area contributed by atoms with Crippen LogP contribution in [0.5, 0.6) is 0 Å². The standard InChI is InChI=1S/C77H136O6/c1-4-7-10-13-16-19-22-25-28-31-34-37-38-41-43-46-49-52-55-58-61-64-67-70-76(79)82-73-74(83-77(80)71-68-65-62-59-56-53-50-47-44-40-36-33-30-27-24-21-18-15-12-9-6-3)72-81-75(78)69-66-63-60-57-54-51-48-45-42-39-35-32-29-26-23-20-17-14-11-8-5-2/h22,24-25,27,31-36,38,41,44,47,74H,4-21,23,26,28-30,37,39-40,42-43,45-46,48-73H2,1-3H3/b25-22-,27-24-,34-31-,35-32-,36-33-,41-38-,47-44-. The molecule has 0 saturated carbocycles. The minimum Gasteiger partial charge on any atom is -0.462 e. The van der Waals surface area contributed by atoms with Crippen molar-refractivity contribution >= 4 is 17.9 Å². The van der Waals surface area contributed by atoms with Gasteiger partial charge in [-0.3, -0.25) is 14.4 Å². The third-order valence-electron chi connectivity index (χ3n) is 15.8. The molecule has 0 bridgehead atoms. The van der Waals surface area contributed by atoms with Crippen molar-refractivity contribution in [1.82, 2.24) is 0 Å². The van der Waals surface area contributed by atoms with Crippen molar-refractivity contribution in [2.45, 2.75) is 374 Å². The highest BCUT2D eigenvalue weighted by Gasteiger charge is 2.19. The van der Waals surface area contributed by atoms with Crippen molar-refractivity contribution in [2.75, 3.05) is 13.2 Å². The van der Waals surface area contributed by atoms with Crippen LogP contribution in [-0.2, 0) is 28.6 Å². The molecule has 0 fully saturated rings. The molecular formula is C77H136O6.